The van der Waals surface area contributed by atoms with Crippen LogP contribution in [0, 0.1) is 0 Å². The van der Waals surface area contributed by atoms with Crippen LogP contribution in [-0.4, -0.2) is 54.4 Å². The van der Waals surface area contributed by atoms with E-state index >= 15 is 0 Å². The van der Waals surface area contributed by atoms with Crippen molar-refractivity contribution in [1.29, 1.82) is 0 Å². The number of benzene rings is 1. The second kappa shape index (κ2) is 13.9. The standard InChI is InChI=1S/C30H41N7/c1-4-19-36(20-5-2)21-7-9-27-8-6-10-28(35-27)26-13-11-25(12-14-26)22-37(23-29-31-15-16-32-29)24(3)30-33-17-18-34-30/h6,8,10-18,24H,4-5,7,9,19-23H2,1-3H3,(H,31,32)(H,33,34). The van der Waals surface area contributed by atoms with Crippen molar-refractivity contribution in [2.45, 2.75) is 65.6 Å². The molecule has 37 heavy (non-hydrogen) atoms. The molecule has 0 fully saturated rings. The molecule has 3 heterocycles. The van der Waals surface area contributed by atoms with Crippen molar-refractivity contribution in [3.05, 3.63) is 90.2 Å². The lowest BCUT2D eigenvalue weighted by molar-refractivity contribution is 0.181. The van der Waals surface area contributed by atoms with Gasteiger partial charge in [-0.2, -0.15) is 0 Å². The zero-order valence-corrected chi connectivity index (χ0v) is 22.5. The zero-order valence-electron chi connectivity index (χ0n) is 22.5. The Morgan fingerprint density at radius 3 is 2.27 bits per heavy atom. The molecule has 1 unspecified atom stereocenters. The minimum atomic E-state index is 0.128. The summed E-state index contributed by atoms with van der Waals surface area (Å²) in [7, 11) is 0. The SMILES string of the molecule is CCCN(CCC)CCCc1cccc(-c2ccc(CN(Cc3ncc[nH]3)C(C)c3ncc[nH]3)cc2)n1. The van der Waals surface area contributed by atoms with Crippen molar-refractivity contribution < 1.29 is 0 Å². The number of aromatic amines is 2. The fraction of sp³-hybridized carbons (Fsp3) is 0.433. The van der Waals surface area contributed by atoms with Crippen LogP contribution in [0.25, 0.3) is 11.3 Å². The molecule has 0 aliphatic rings. The van der Waals surface area contributed by atoms with Crippen LogP contribution in [0.15, 0.2) is 67.3 Å². The van der Waals surface area contributed by atoms with Crippen molar-refractivity contribution in [1.82, 2.24) is 34.7 Å². The largest absolute Gasteiger partial charge is 0.348 e. The predicted octanol–water partition coefficient (Wildman–Crippen LogP) is 6.01. The van der Waals surface area contributed by atoms with E-state index in [1.807, 2.05) is 12.4 Å². The number of hydrogen-bond donors (Lipinski definition) is 2. The molecule has 0 aliphatic carbocycles. The van der Waals surface area contributed by atoms with E-state index in [1.165, 1.54) is 37.2 Å². The fourth-order valence-corrected chi connectivity index (χ4v) is 4.83. The summed E-state index contributed by atoms with van der Waals surface area (Å²) < 4.78 is 0. The van der Waals surface area contributed by atoms with Gasteiger partial charge in [-0.25, -0.2) is 9.97 Å². The van der Waals surface area contributed by atoms with E-state index in [4.69, 9.17) is 4.98 Å². The first kappa shape index (κ1) is 26.8. The van der Waals surface area contributed by atoms with Gasteiger partial charge in [-0.3, -0.25) is 9.88 Å². The highest BCUT2D eigenvalue weighted by Crippen LogP contribution is 2.24. The monoisotopic (exact) mass is 499 g/mol. The number of nitrogens with one attached hydrogen (secondary N) is 2. The molecule has 0 spiro atoms. The minimum absolute atomic E-state index is 0.128. The molecule has 1 aromatic carbocycles. The highest BCUT2D eigenvalue weighted by atomic mass is 15.2. The van der Waals surface area contributed by atoms with Gasteiger partial charge in [0, 0.05) is 42.6 Å². The van der Waals surface area contributed by atoms with Crippen LogP contribution in [0.2, 0.25) is 0 Å². The number of aromatic nitrogens is 5. The third kappa shape index (κ3) is 7.84. The van der Waals surface area contributed by atoms with Crippen molar-refractivity contribution in [2.75, 3.05) is 19.6 Å². The molecule has 196 valence electrons. The van der Waals surface area contributed by atoms with Crippen LogP contribution >= 0.6 is 0 Å². The summed E-state index contributed by atoms with van der Waals surface area (Å²) in [5.41, 5.74) is 4.61. The van der Waals surface area contributed by atoms with Gasteiger partial charge in [0.15, 0.2) is 0 Å². The summed E-state index contributed by atoms with van der Waals surface area (Å²) >= 11 is 0. The lowest BCUT2D eigenvalue weighted by Crippen LogP contribution is -2.27. The van der Waals surface area contributed by atoms with Gasteiger partial charge in [-0.05, 0) is 69.9 Å². The Morgan fingerprint density at radius 2 is 1.59 bits per heavy atom. The Balaban J connectivity index is 1.40. The van der Waals surface area contributed by atoms with Gasteiger partial charge < -0.3 is 14.9 Å². The van der Waals surface area contributed by atoms with E-state index < -0.39 is 0 Å². The molecule has 3 aromatic heterocycles. The number of imidazole rings is 2. The Hall–Kier alpha value is -3.29. The summed E-state index contributed by atoms with van der Waals surface area (Å²) in [5, 5.41) is 0. The van der Waals surface area contributed by atoms with Crippen molar-refractivity contribution >= 4 is 0 Å². The summed E-state index contributed by atoms with van der Waals surface area (Å²) in [5.74, 6) is 1.90. The highest BCUT2D eigenvalue weighted by Gasteiger charge is 2.19. The maximum Gasteiger partial charge on any atom is 0.123 e. The average molecular weight is 500 g/mol. The summed E-state index contributed by atoms with van der Waals surface area (Å²) in [6.07, 6.45) is 11.9. The molecule has 0 aliphatic heterocycles. The predicted molar refractivity (Wildman–Crippen MR) is 150 cm³/mol. The number of pyridine rings is 1. The molecule has 7 nitrogen and oxygen atoms in total. The van der Waals surface area contributed by atoms with Crippen LogP contribution in [0.4, 0.5) is 0 Å². The zero-order chi connectivity index (χ0) is 25.9. The number of aryl methyl sites for hydroxylation is 1. The molecule has 2 N–H and O–H groups in total. The minimum Gasteiger partial charge on any atom is -0.348 e. The van der Waals surface area contributed by atoms with Crippen molar-refractivity contribution in [3.63, 3.8) is 0 Å². The molecule has 0 bridgehead atoms. The summed E-state index contributed by atoms with van der Waals surface area (Å²) in [6.45, 7) is 11.7. The Bertz CT molecular complexity index is 1150. The molecule has 0 amide bonds. The van der Waals surface area contributed by atoms with E-state index in [0.29, 0.717) is 6.54 Å². The normalized spacial score (nSPS) is 12.5. The molecule has 4 aromatic rings. The molecular weight excluding hydrogens is 458 g/mol. The molecule has 7 heteroatoms. The van der Waals surface area contributed by atoms with E-state index in [2.05, 4.69) is 93.0 Å². The second-order valence-corrected chi connectivity index (χ2v) is 9.75. The first-order valence-electron chi connectivity index (χ1n) is 13.7. The lowest BCUT2D eigenvalue weighted by Gasteiger charge is -2.27. The maximum atomic E-state index is 4.98. The van der Waals surface area contributed by atoms with E-state index in [-0.39, 0.29) is 6.04 Å². The quantitative estimate of drug-likeness (QED) is 0.209. The first-order chi connectivity index (χ1) is 18.2. The van der Waals surface area contributed by atoms with Crippen LogP contribution in [0.5, 0.6) is 0 Å². The highest BCUT2D eigenvalue weighted by molar-refractivity contribution is 5.59. The van der Waals surface area contributed by atoms with Crippen molar-refractivity contribution in [2.24, 2.45) is 0 Å². The fourth-order valence-electron chi connectivity index (χ4n) is 4.83. The third-order valence-corrected chi connectivity index (χ3v) is 6.80. The van der Waals surface area contributed by atoms with E-state index in [9.17, 15) is 0 Å². The number of H-pyrrole nitrogens is 2. The van der Waals surface area contributed by atoms with E-state index in [0.717, 1.165) is 48.8 Å². The average Bonchev–Trinajstić information content (AvgIpc) is 3.64. The van der Waals surface area contributed by atoms with Crippen LogP contribution in [0.3, 0.4) is 0 Å². The Labute approximate surface area is 221 Å². The molecule has 0 radical (unpaired) electrons. The lowest BCUT2D eigenvalue weighted by atomic mass is 10.1. The van der Waals surface area contributed by atoms with Gasteiger partial charge in [0.1, 0.15) is 11.6 Å². The van der Waals surface area contributed by atoms with Crippen molar-refractivity contribution in [3.8, 4) is 11.3 Å². The van der Waals surface area contributed by atoms with Gasteiger partial charge in [0.2, 0.25) is 0 Å². The van der Waals surface area contributed by atoms with E-state index in [1.54, 1.807) is 12.4 Å². The van der Waals surface area contributed by atoms with Crippen LogP contribution in [0.1, 0.15) is 69.0 Å². The van der Waals surface area contributed by atoms with Gasteiger partial charge in [0.05, 0.1) is 18.3 Å². The summed E-state index contributed by atoms with van der Waals surface area (Å²) in [4.78, 5) is 25.3. The van der Waals surface area contributed by atoms with Gasteiger partial charge in [0.25, 0.3) is 0 Å². The number of hydrogen-bond acceptors (Lipinski definition) is 5. The van der Waals surface area contributed by atoms with Gasteiger partial charge >= 0.3 is 0 Å². The second-order valence-electron chi connectivity index (χ2n) is 9.75. The smallest absolute Gasteiger partial charge is 0.123 e. The summed E-state index contributed by atoms with van der Waals surface area (Å²) in [6, 6.07) is 15.3. The maximum absolute atomic E-state index is 4.98. The third-order valence-electron chi connectivity index (χ3n) is 6.80. The Morgan fingerprint density at radius 1 is 0.838 bits per heavy atom. The van der Waals surface area contributed by atoms with Gasteiger partial charge in [-0.1, -0.05) is 44.2 Å². The molecule has 1 atom stereocenters. The Kier molecular flexibility index (Phi) is 10.0. The molecule has 0 saturated carbocycles. The topological polar surface area (TPSA) is 76.7 Å². The number of rotatable bonds is 15. The molecule has 4 rings (SSSR count). The first-order valence-corrected chi connectivity index (χ1v) is 13.7. The molecular formula is C30H41N7. The van der Waals surface area contributed by atoms with Crippen LogP contribution < -0.4 is 0 Å². The van der Waals surface area contributed by atoms with Gasteiger partial charge in [-0.15, -0.1) is 0 Å². The molecule has 0 saturated heterocycles. The van der Waals surface area contributed by atoms with Crippen LogP contribution in [-0.2, 0) is 19.5 Å². The number of nitrogens with zero attached hydrogens (tertiary/aromatic N) is 5.